The molecule has 0 radical (unpaired) electrons. The molecule has 1 aromatic rings. The van der Waals surface area contributed by atoms with Gasteiger partial charge in [-0.2, -0.15) is 0 Å². The average Bonchev–Trinajstić information content (AvgIpc) is 2.43. The molecule has 2 N–H and O–H groups in total. The fraction of sp³-hybridized carbons (Fsp3) is 0.600. The Morgan fingerprint density at radius 2 is 1.95 bits per heavy atom. The molecule has 1 atom stereocenters. The molecule has 0 heterocycles. The maximum Gasteiger partial charge on any atom is 0.240 e. The van der Waals surface area contributed by atoms with Crippen LogP contribution < -0.4 is 9.62 Å². The van der Waals surface area contributed by atoms with E-state index in [1.54, 1.807) is 23.1 Å². The number of nitrogens with one attached hydrogen (secondary N) is 2. The van der Waals surface area contributed by atoms with Crippen LogP contribution in [0, 0.1) is 0 Å². The summed E-state index contributed by atoms with van der Waals surface area (Å²) in [6.07, 6.45) is 1.88. The summed E-state index contributed by atoms with van der Waals surface area (Å²) < 4.78 is 28.1. The van der Waals surface area contributed by atoms with Crippen molar-refractivity contribution < 1.29 is 13.3 Å². The predicted molar refractivity (Wildman–Crippen MR) is 90.1 cm³/mol. The molecule has 0 aliphatic carbocycles. The smallest absolute Gasteiger partial charge is 0.240 e. The van der Waals surface area contributed by atoms with E-state index in [-0.39, 0.29) is 6.04 Å². The van der Waals surface area contributed by atoms with Gasteiger partial charge in [-0.25, -0.2) is 13.1 Å². The fourth-order valence-electron chi connectivity index (χ4n) is 2.29. The molecule has 0 spiro atoms. The molecule has 0 saturated heterocycles. The van der Waals surface area contributed by atoms with E-state index in [0.29, 0.717) is 4.90 Å². The molecule has 0 saturated carbocycles. The monoisotopic (exact) mass is 377 g/mol. The molecule has 120 valence electrons. The zero-order chi connectivity index (χ0) is 15.9. The number of quaternary nitrogens is 1. The summed E-state index contributed by atoms with van der Waals surface area (Å²) in [5.74, 6) is 0. The average molecular weight is 378 g/mol. The SMILES string of the molecule is CC[NH+](CC)CCC[C@@H](C)NS(=O)(=O)c1cccc(Br)c1. The van der Waals surface area contributed by atoms with Crippen LogP contribution in [0.2, 0.25) is 0 Å². The van der Waals surface area contributed by atoms with Crippen LogP contribution in [0.4, 0.5) is 0 Å². The Labute approximate surface area is 137 Å². The van der Waals surface area contributed by atoms with Gasteiger partial charge in [0.05, 0.1) is 24.5 Å². The third-order valence-corrected chi connectivity index (χ3v) is 5.71. The largest absolute Gasteiger partial charge is 0.335 e. The lowest BCUT2D eigenvalue weighted by atomic mass is 10.2. The topological polar surface area (TPSA) is 50.6 Å². The summed E-state index contributed by atoms with van der Waals surface area (Å²) in [7, 11) is -3.43. The Kier molecular flexibility index (Phi) is 7.87. The van der Waals surface area contributed by atoms with Crippen molar-refractivity contribution >= 4 is 26.0 Å². The van der Waals surface area contributed by atoms with Gasteiger partial charge < -0.3 is 4.90 Å². The fourth-order valence-corrected chi connectivity index (χ4v) is 4.16. The zero-order valence-electron chi connectivity index (χ0n) is 13.0. The van der Waals surface area contributed by atoms with Gasteiger partial charge in [-0.1, -0.05) is 22.0 Å². The van der Waals surface area contributed by atoms with Gasteiger partial charge in [0.2, 0.25) is 10.0 Å². The quantitative estimate of drug-likeness (QED) is 0.689. The highest BCUT2D eigenvalue weighted by Crippen LogP contribution is 2.16. The highest BCUT2D eigenvalue weighted by atomic mass is 79.9. The molecular formula is C15H26BrN2O2S+. The molecule has 0 fully saturated rings. The van der Waals surface area contributed by atoms with E-state index in [9.17, 15) is 8.42 Å². The minimum atomic E-state index is -3.43. The van der Waals surface area contributed by atoms with Crippen molar-refractivity contribution in [3.8, 4) is 0 Å². The first-order chi connectivity index (χ1) is 9.89. The summed E-state index contributed by atoms with van der Waals surface area (Å²) >= 11 is 3.30. The second-order valence-corrected chi connectivity index (χ2v) is 7.96. The number of rotatable bonds is 9. The minimum Gasteiger partial charge on any atom is -0.335 e. The summed E-state index contributed by atoms with van der Waals surface area (Å²) in [5.41, 5.74) is 0. The van der Waals surface area contributed by atoms with Crippen molar-refractivity contribution in [1.29, 1.82) is 0 Å². The first kappa shape index (κ1) is 18.6. The first-order valence-corrected chi connectivity index (χ1v) is 9.78. The second kappa shape index (κ2) is 8.88. The van der Waals surface area contributed by atoms with Gasteiger partial charge in [-0.3, -0.25) is 0 Å². The first-order valence-electron chi connectivity index (χ1n) is 7.50. The summed E-state index contributed by atoms with van der Waals surface area (Å²) in [4.78, 5) is 1.86. The van der Waals surface area contributed by atoms with Gasteiger partial charge >= 0.3 is 0 Å². The second-order valence-electron chi connectivity index (χ2n) is 5.33. The Bertz CT molecular complexity index is 530. The van der Waals surface area contributed by atoms with E-state index in [1.807, 2.05) is 13.0 Å². The van der Waals surface area contributed by atoms with Gasteiger partial charge in [0, 0.05) is 10.5 Å². The summed E-state index contributed by atoms with van der Waals surface area (Å²) in [5, 5.41) is 0. The molecule has 0 bridgehead atoms. The number of hydrogen-bond acceptors (Lipinski definition) is 2. The van der Waals surface area contributed by atoms with Crippen LogP contribution in [0.15, 0.2) is 33.6 Å². The van der Waals surface area contributed by atoms with Gasteiger partial charge in [0.1, 0.15) is 0 Å². The van der Waals surface area contributed by atoms with Gasteiger partial charge in [0.15, 0.2) is 0 Å². The van der Waals surface area contributed by atoms with Crippen molar-refractivity contribution in [2.75, 3.05) is 19.6 Å². The number of hydrogen-bond donors (Lipinski definition) is 2. The van der Waals surface area contributed by atoms with Gasteiger partial charge in [0.25, 0.3) is 0 Å². The maximum absolute atomic E-state index is 12.3. The third-order valence-electron chi connectivity index (χ3n) is 3.63. The molecule has 0 aromatic heterocycles. The van der Waals surface area contributed by atoms with Gasteiger partial charge in [-0.05, 0) is 51.8 Å². The van der Waals surface area contributed by atoms with E-state index >= 15 is 0 Å². The number of benzene rings is 1. The van der Waals surface area contributed by atoms with E-state index in [1.165, 1.54) is 0 Å². The van der Waals surface area contributed by atoms with Crippen molar-refractivity contribution in [3.05, 3.63) is 28.7 Å². The maximum atomic E-state index is 12.3. The molecule has 0 aliphatic rings. The standard InChI is InChI=1S/C15H25BrN2O2S/c1-4-18(5-2)11-7-8-13(3)17-21(19,20)15-10-6-9-14(16)12-15/h6,9-10,12-13,17H,4-5,7-8,11H2,1-3H3/p+1/t13-/m1/s1. The zero-order valence-corrected chi connectivity index (χ0v) is 15.4. The van der Waals surface area contributed by atoms with Crippen molar-refractivity contribution in [2.45, 2.75) is 44.6 Å². The lowest BCUT2D eigenvalue weighted by molar-refractivity contribution is -0.896. The molecule has 1 rings (SSSR count). The molecule has 0 amide bonds. The lowest BCUT2D eigenvalue weighted by Gasteiger charge is -2.18. The highest BCUT2D eigenvalue weighted by molar-refractivity contribution is 9.10. The molecule has 1 aromatic carbocycles. The third kappa shape index (κ3) is 6.46. The lowest BCUT2D eigenvalue weighted by Crippen LogP contribution is -3.11. The number of halogens is 1. The Hall–Kier alpha value is -0.430. The Morgan fingerprint density at radius 3 is 2.52 bits per heavy atom. The molecule has 0 unspecified atom stereocenters. The van der Waals surface area contributed by atoms with Crippen LogP contribution in [0.5, 0.6) is 0 Å². The molecule has 6 heteroatoms. The highest BCUT2D eigenvalue weighted by Gasteiger charge is 2.17. The van der Waals surface area contributed by atoms with Crippen molar-refractivity contribution in [3.63, 3.8) is 0 Å². The van der Waals surface area contributed by atoms with Crippen LogP contribution in [0.3, 0.4) is 0 Å². The van der Waals surface area contributed by atoms with E-state index < -0.39 is 10.0 Å². The van der Waals surface area contributed by atoms with Crippen molar-refractivity contribution in [1.82, 2.24) is 4.72 Å². The van der Waals surface area contributed by atoms with Crippen molar-refractivity contribution in [2.24, 2.45) is 0 Å². The number of sulfonamides is 1. The molecule has 4 nitrogen and oxygen atoms in total. The summed E-state index contributed by atoms with van der Waals surface area (Å²) in [6.45, 7) is 9.61. The van der Waals surface area contributed by atoms with Gasteiger partial charge in [-0.15, -0.1) is 0 Å². The van der Waals surface area contributed by atoms with Crippen LogP contribution in [0.25, 0.3) is 0 Å². The summed E-state index contributed by atoms with van der Waals surface area (Å²) in [6, 6.07) is 6.72. The Balaban J connectivity index is 2.52. The van der Waals surface area contributed by atoms with E-state index in [4.69, 9.17) is 0 Å². The van der Waals surface area contributed by atoms with Crippen LogP contribution >= 0.6 is 15.9 Å². The van der Waals surface area contributed by atoms with Crippen LogP contribution in [-0.4, -0.2) is 34.1 Å². The van der Waals surface area contributed by atoms with Crippen LogP contribution in [-0.2, 0) is 10.0 Å². The predicted octanol–water partition coefficient (Wildman–Crippen LogP) is 1.82. The minimum absolute atomic E-state index is 0.0519. The molecule has 0 aliphatic heterocycles. The normalized spacial score (nSPS) is 13.6. The van der Waals surface area contributed by atoms with Crippen LogP contribution in [0.1, 0.15) is 33.6 Å². The van der Waals surface area contributed by atoms with E-state index in [2.05, 4.69) is 34.5 Å². The molecule has 21 heavy (non-hydrogen) atoms. The Morgan fingerprint density at radius 1 is 1.29 bits per heavy atom. The molecular weight excluding hydrogens is 352 g/mol. The van der Waals surface area contributed by atoms with E-state index in [0.717, 1.165) is 36.9 Å².